The molecule has 1 aromatic heterocycles. The number of likely N-dealkylation sites (N-methyl/N-ethyl adjacent to an activating group) is 1. The van der Waals surface area contributed by atoms with Crippen molar-refractivity contribution >= 4 is 0 Å². The second-order valence-electron chi connectivity index (χ2n) is 8.73. The molecule has 0 aliphatic carbocycles. The molecule has 3 aromatic rings. The van der Waals surface area contributed by atoms with Gasteiger partial charge in [-0.1, -0.05) is 62.7 Å². The molecule has 162 valence electrons. The summed E-state index contributed by atoms with van der Waals surface area (Å²) in [6.07, 6.45) is 1.91. The molecule has 2 heterocycles. The van der Waals surface area contributed by atoms with E-state index in [-0.39, 0.29) is 11.5 Å². The van der Waals surface area contributed by atoms with E-state index in [1.165, 1.54) is 16.7 Å². The Morgan fingerprint density at radius 3 is 2.26 bits per heavy atom. The average Bonchev–Trinajstić information content (AvgIpc) is 2.75. The maximum Gasteiger partial charge on any atom is 0.317 e. The first kappa shape index (κ1) is 21.3. The standard InChI is InChI=1S/C26H31N3O2/c1-5-29-16-24(17-29)31-25-27-15-14-22(28-25)18-30-23-12-10-21(11-13-23)26(3,4)20-8-6-19(2)7-9-20/h6-15,24H,5,16-18H2,1-4H3. The first-order chi connectivity index (χ1) is 14.9. The van der Waals surface area contributed by atoms with Crippen molar-refractivity contribution in [3.8, 4) is 11.8 Å². The molecular weight excluding hydrogens is 386 g/mol. The van der Waals surface area contributed by atoms with E-state index >= 15 is 0 Å². The molecule has 0 radical (unpaired) electrons. The van der Waals surface area contributed by atoms with Gasteiger partial charge in [0.05, 0.1) is 5.69 Å². The van der Waals surface area contributed by atoms with E-state index in [9.17, 15) is 0 Å². The van der Waals surface area contributed by atoms with Crippen LogP contribution in [0.3, 0.4) is 0 Å². The summed E-state index contributed by atoms with van der Waals surface area (Å²) < 4.78 is 11.8. The lowest BCUT2D eigenvalue weighted by Gasteiger charge is -2.37. The Labute approximate surface area is 185 Å². The first-order valence-electron chi connectivity index (χ1n) is 11.0. The lowest BCUT2D eigenvalue weighted by molar-refractivity contribution is 0.0175. The Kier molecular flexibility index (Phi) is 6.23. The van der Waals surface area contributed by atoms with Crippen molar-refractivity contribution in [1.29, 1.82) is 0 Å². The maximum atomic E-state index is 5.96. The van der Waals surface area contributed by atoms with Crippen LogP contribution in [-0.4, -0.2) is 40.6 Å². The van der Waals surface area contributed by atoms with Gasteiger partial charge in [-0.25, -0.2) is 4.98 Å². The first-order valence-corrected chi connectivity index (χ1v) is 11.0. The second kappa shape index (κ2) is 9.06. The number of nitrogens with zero attached hydrogens (tertiary/aromatic N) is 3. The van der Waals surface area contributed by atoms with E-state index in [0.717, 1.165) is 31.1 Å². The van der Waals surface area contributed by atoms with E-state index in [1.54, 1.807) is 6.20 Å². The van der Waals surface area contributed by atoms with Gasteiger partial charge >= 0.3 is 6.01 Å². The van der Waals surface area contributed by atoms with Gasteiger partial charge in [-0.05, 0) is 42.8 Å². The van der Waals surface area contributed by atoms with Crippen LogP contribution in [0.25, 0.3) is 0 Å². The number of aromatic nitrogens is 2. The van der Waals surface area contributed by atoms with Crippen molar-refractivity contribution in [3.05, 3.63) is 83.2 Å². The third-order valence-electron chi connectivity index (χ3n) is 6.07. The molecule has 1 fully saturated rings. The van der Waals surface area contributed by atoms with Gasteiger partial charge in [0.1, 0.15) is 18.5 Å². The van der Waals surface area contributed by atoms with Crippen LogP contribution in [0.1, 0.15) is 43.2 Å². The summed E-state index contributed by atoms with van der Waals surface area (Å²) in [5.74, 6) is 0.821. The van der Waals surface area contributed by atoms with Crippen molar-refractivity contribution in [2.45, 2.75) is 45.8 Å². The molecule has 0 bridgehead atoms. The van der Waals surface area contributed by atoms with Gasteiger partial charge in [0.2, 0.25) is 0 Å². The summed E-state index contributed by atoms with van der Waals surface area (Å²) in [5, 5.41) is 0. The maximum absolute atomic E-state index is 5.96. The fraction of sp³-hybridized carbons (Fsp3) is 0.385. The minimum Gasteiger partial charge on any atom is -0.487 e. The summed E-state index contributed by atoms with van der Waals surface area (Å²) in [4.78, 5) is 11.0. The number of hydrogen-bond donors (Lipinski definition) is 0. The molecule has 1 saturated heterocycles. The average molecular weight is 418 g/mol. The van der Waals surface area contributed by atoms with Crippen LogP contribution in [0.15, 0.2) is 60.8 Å². The Balaban J connectivity index is 1.35. The molecule has 1 aliphatic heterocycles. The van der Waals surface area contributed by atoms with E-state index in [1.807, 2.05) is 18.2 Å². The quantitative estimate of drug-likeness (QED) is 0.528. The van der Waals surface area contributed by atoms with Crippen LogP contribution in [0.4, 0.5) is 0 Å². The molecular formula is C26H31N3O2. The highest BCUT2D eigenvalue weighted by Gasteiger charge is 2.27. The molecule has 31 heavy (non-hydrogen) atoms. The highest BCUT2D eigenvalue weighted by molar-refractivity contribution is 5.40. The summed E-state index contributed by atoms with van der Waals surface area (Å²) >= 11 is 0. The Hall–Kier alpha value is -2.92. The summed E-state index contributed by atoms with van der Waals surface area (Å²) in [7, 11) is 0. The normalized spacial score (nSPS) is 14.8. The van der Waals surface area contributed by atoms with Crippen molar-refractivity contribution in [2.24, 2.45) is 0 Å². The van der Waals surface area contributed by atoms with Crippen molar-refractivity contribution in [2.75, 3.05) is 19.6 Å². The summed E-state index contributed by atoms with van der Waals surface area (Å²) in [6, 6.07) is 19.4. The third-order valence-corrected chi connectivity index (χ3v) is 6.07. The number of benzene rings is 2. The van der Waals surface area contributed by atoms with E-state index in [0.29, 0.717) is 12.6 Å². The molecule has 0 saturated carbocycles. The predicted molar refractivity (Wildman–Crippen MR) is 123 cm³/mol. The minimum atomic E-state index is -0.0694. The van der Waals surface area contributed by atoms with Gasteiger partial charge in [-0.3, -0.25) is 4.90 Å². The molecule has 0 unspecified atom stereocenters. The Bertz CT molecular complexity index is 994. The van der Waals surface area contributed by atoms with E-state index < -0.39 is 0 Å². The molecule has 4 rings (SSSR count). The van der Waals surface area contributed by atoms with Gasteiger partial charge in [-0.15, -0.1) is 0 Å². The zero-order chi connectivity index (χ0) is 21.8. The van der Waals surface area contributed by atoms with Crippen LogP contribution in [0, 0.1) is 6.92 Å². The van der Waals surface area contributed by atoms with Gasteiger partial charge in [0.25, 0.3) is 0 Å². The zero-order valence-corrected chi connectivity index (χ0v) is 18.8. The van der Waals surface area contributed by atoms with Gasteiger partial charge < -0.3 is 9.47 Å². The summed E-state index contributed by atoms with van der Waals surface area (Å²) in [5.41, 5.74) is 4.56. The lowest BCUT2D eigenvalue weighted by atomic mass is 9.78. The molecule has 0 spiro atoms. The Morgan fingerprint density at radius 1 is 0.968 bits per heavy atom. The van der Waals surface area contributed by atoms with Crippen LogP contribution >= 0.6 is 0 Å². The molecule has 1 aliphatic rings. The highest BCUT2D eigenvalue weighted by atomic mass is 16.5. The van der Waals surface area contributed by atoms with Crippen LogP contribution in [0.2, 0.25) is 0 Å². The SMILES string of the molecule is CCN1CC(Oc2nccc(COc3ccc(C(C)(C)c4ccc(C)cc4)cc3)n2)C1. The smallest absolute Gasteiger partial charge is 0.317 e. The third kappa shape index (κ3) is 5.05. The number of aryl methyl sites for hydroxylation is 1. The topological polar surface area (TPSA) is 47.5 Å². The van der Waals surface area contributed by atoms with E-state index in [2.05, 4.69) is 79.0 Å². The number of ether oxygens (including phenoxy) is 2. The Morgan fingerprint density at radius 2 is 1.61 bits per heavy atom. The largest absolute Gasteiger partial charge is 0.487 e. The molecule has 2 aromatic carbocycles. The monoisotopic (exact) mass is 417 g/mol. The number of likely N-dealkylation sites (tertiary alicyclic amines) is 1. The van der Waals surface area contributed by atoms with Gasteiger partial charge in [0, 0.05) is 24.7 Å². The van der Waals surface area contributed by atoms with E-state index in [4.69, 9.17) is 9.47 Å². The highest BCUT2D eigenvalue weighted by Crippen LogP contribution is 2.32. The van der Waals surface area contributed by atoms with Gasteiger partial charge in [-0.2, -0.15) is 4.98 Å². The van der Waals surface area contributed by atoms with Crippen LogP contribution < -0.4 is 9.47 Å². The zero-order valence-electron chi connectivity index (χ0n) is 18.8. The molecule has 5 nitrogen and oxygen atoms in total. The summed E-state index contributed by atoms with van der Waals surface area (Å²) in [6.45, 7) is 12.1. The minimum absolute atomic E-state index is 0.0694. The fourth-order valence-corrected chi connectivity index (χ4v) is 3.78. The van der Waals surface area contributed by atoms with Crippen LogP contribution in [-0.2, 0) is 12.0 Å². The van der Waals surface area contributed by atoms with Gasteiger partial charge in [0.15, 0.2) is 0 Å². The molecule has 5 heteroatoms. The van der Waals surface area contributed by atoms with Crippen molar-refractivity contribution < 1.29 is 9.47 Å². The number of hydrogen-bond acceptors (Lipinski definition) is 5. The fourth-order valence-electron chi connectivity index (χ4n) is 3.78. The lowest BCUT2D eigenvalue weighted by Crippen LogP contribution is -2.53. The molecule has 0 N–H and O–H groups in total. The second-order valence-corrected chi connectivity index (χ2v) is 8.73. The van der Waals surface area contributed by atoms with Crippen LogP contribution in [0.5, 0.6) is 11.8 Å². The molecule has 0 amide bonds. The number of rotatable bonds is 8. The molecule has 0 atom stereocenters. The van der Waals surface area contributed by atoms with Crippen molar-refractivity contribution in [1.82, 2.24) is 14.9 Å². The predicted octanol–water partition coefficient (Wildman–Crippen LogP) is 4.77. The van der Waals surface area contributed by atoms with Crippen molar-refractivity contribution in [3.63, 3.8) is 0 Å².